The number of nitrogens with one attached hydrogen (secondary N) is 2. The first-order valence-electron chi connectivity index (χ1n) is 11.3. The van der Waals surface area contributed by atoms with Crippen LogP contribution in [-0.4, -0.2) is 32.7 Å². The molecule has 3 N–H and O–H groups in total. The van der Waals surface area contributed by atoms with Gasteiger partial charge in [0.2, 0.25) is 5.95 Å². The number of nitrogens with zero attached hydrogens (tertiary/aromatic N) is 3. The van der Waals surface area contributed by atoms with E-state index in [0.29, 0.717) is 11.5 Å². The van der Waals surface area contributed by atoms with Gasteiger partial charge >= 0.3 is 0 Å². The molecule has 5 rings (SSSR count). The number of thiazole rings is 1. The highest BCUT2D eigenvalue weighted by atomic mass is 32.1. The third-order valence-electron chi connectivity index (χ3n) is 6.22. The fourth-order valence-electron chi connectivity index (χ4n) is 4.43. The van der Waals surface area contributed by atoms with E-state index in [0.717, 1.165) is 40.1 Å². The van der Waals surface area contributed by atoms with Crippen molar-refractivity contribution in [2.24, 2.45) is 5.92 Å². The van der Waals surface area contributed by atoms with E-state index in [9.17, 15) is 13.9 Å². The van der Waals surface area contributed by atoms with Crippen molar-refractivity contribution in [1.29, 1.82) is 0 Å². The molecule has 1 fully saturated rings. The number of hydrogen-bond donors (Lipinski definition) is 3. The van der Waals surface area contributed by atoms with Crippen LogP contribution in [0.5, 0.6) is 0 Å². The minimum absolute atomic E-state index is 0.0601. The van der Waals surface area contributed by atoms with Crippen LogP contribution >= 0.6 is 11.3 Å². The van der Waals surface area contributed by atoms with E-state index in [-0.39, 0.29) is 36.6 Å². The van der Waals surface area contributed by atoms with Crippen LogP contribution in [0.2, 0.25) is 0 Å². The summed E-state index contributed by atoms with van der Waals surface area (Å²) in [5.74, 6) is -0.0480. The molecule has 2 heterocycles. The highest BCUT2D eigenvalue weighted by Crippen LogP contribution is 2.38. The smallest absolute Gasteiger partial charge is 0.225 e. The Hall–Kier alpha value is -3.17. The number of rotatable bonds is 7. The average molecular weight is 482 g/mol. The fourth-order valence-corrected chi connectivity index (χ4v) is 5.49. The van der Waals surface area contributed by atoms with Crippen LogP contribution in [0, 0.1) is 24.5 Å². The fraction of sp³-hybridized carbons (Fsp3) is 0.320. The Morgan fingerprint density at radius 1 is 1.03 bits per heavy atom. The van der Waals surface area contributed by atoms with Crippen LogP contribution < -0.4 is 10.6 Å². The molecule has 1 saturated carbocycles. The third kappa shape index (κ3) is 4.58. The number of benzene rings is 2. The van der Waals surface area contributed by atoms with Crippen LogP contribution in [0.25, 0.3) is 20.8 Å². The minimum Gasteiger partial charge on any atom is -0.396 e. The summed E-state index contributed by atoms with van der Waals surface area (Å²) in [7, 11) is 0. The largest absolute Gasteiger partial charge is 0.396 e. The van der Waals surface area contributed by atoms with Crippen molar-refractivity contribution in [3.63, 3.8) is 0 Å². The Kier molecular flexibility index (Phi) is 6.38. The Morgan fingerprint density at radius 2 is 1.82 bits per heavy atom. The molecule has 2 aromatic carbocycles. The molecule has 0 radical (unpaired) electrons. The van der Waals surface area contributed by atoms with E-state index in [1.807, 2.05) is 31.2 Å². The van der Waals surface area contributed by atoms with Gasteiger partial charge in [-0.15, -0.1) is 11.3 Å². The standard InChI is InChI=1S/C25H25F2N5OS/c1-14-22(24-31-20-7-2-3-8-21(20)34-24)23(30-16-10-9-15(11-16)13-33)32-25(29-14)28-12-17-18(26)5-4-6-19(17)27/h2-8,15-16,33H,9-13H2,1H3,(H2,28,29,30,32)/t15?,16-/m0/s1. The number of aromatic nitrogens is 3. The van der Waals surface area contributed by atoms with Crippen LogP contribution in [0.4, 0.5) is 20.5 Å². The number of aliphatic hydroxyl groups excluding tert-OH is 1. The number of aliphatic hydroxyl groups is 1. The van der Waals surface area contributed by atoms with Gasteiger partial charge in [-0.1, -0.05) is 18.2 Å². The van der Waals surface area contributed by atoms with Crippen LogP contribution in [-0.2, 0) is 6.54 Å². The molecule has 2 atom stereocenters. The van der Waals surface area contributed by atoms with Gasteiger partial charge in [0, 0.05) is 24.8 Å². The molecular weight excluding hydrogens is 456 g/mol. The molecule has 1 aliphatic rings. The van der Waals surface area contributed by atoms with E-state index < -0.39 is 11.6 Å². The normalized spacial score (nSPS) is 17.9. The number of aryl methyl sites for hydroxylation is 1. The topological polar surface area (TPSA) is 83.0 Å². The third-order valence-corrected chi connectivity index (χ3v) is 7.28. The summed E-state index contributed by atoms with van der Waals surface area (Å²) in [6.45, 7) is 1.98. The summed E-state index contributed by atoms with van der Waals surface area (Å²) < 4.78 is 29.2. The quantitative estimate of drug-likeness (QED) is 0.322. The predicted octanol–water partition coefficient (Wildman–Crippen LogP) is 5.52. The van der Waals surface area contributed by atoms with Crippen molar-refractivity contribution < 1.29 is 13.9 Å². The summed E-state index contributed by atoms with van der Waals surface area (Å²) in [5, 5.41) is 16.9. The van der Waals surface area contributed by atoms with Gasteiger partial charge in [-0.25, -0.2) is 18.7 Å². The maximum atomic E-state index is 14.1. The summed E-state index contributed by atoms with van der Waals surface area (Å²) in [5.41, 5.74) is 2.38. The average Bonchev–Trinajstić information content (AvgIpc) is 3.45. The Balaban J connectivity index is 1.50. The number of halogens is 2. The summed E-state index contributed by atoms with van der Waals surface area (Å²) in [6.07, 6.45) is 2.73. The highest BCUT2D eigenvalue weighted by molar-refractivity contribution is 7.21. The summed E-state index contributed by atoms with van der Waals surface area (Å²) >= 11 is 1.57. The Bertz CT molecular complexity index is 1270. The molecule has 0 bridgehead atoms. The molecule has 6 nitrogen and oxygen atoms in total. The molecule has 0 amide bonds. The number of anilines is 2. The molecule has 34 heavy (non-hydrogen) atoms. The molecular formula is C25H25F2N5OS. The van der Waals surface area contributed by atoms with Gasteiger partial charge in [-0.2, -0.15) is 4.98 Å². The van der Waals surface area contributed by atoms with Crippen LogP contribution in [0.15, 0.2) is 42.5 Å². The molecule has 1 unspecified atom stereocenters. The van der Waals surface area contributed by atoms with Gasteiger partial charge < -0.3 is 15.7 Å². The van der Waals surface area contributed by atoms with Gasteiger partial charge in [0.25, 0.3) is 0 Å². The van der Waals surface area contributed by atoms with Crippen LogP contribution in [0.3, 0.4) is 0 Å². The monoisotopic (exact) mass is 481 g/mol. The molecule has 0 spiro atoms. The van der Waals surface area contributed by atoms with Crippen molar-refractivity contribution in [3.05, 3.63) is 65.4 Å². The number of hydrogen-bond acceptors (Lipinski definition) is 7. The van der Waals surface area contributed by atoms with Crippen molar-refractivity contribution in [1.82, 2.24) is 15.0 Å². The molecule has 9 heteroatoms. The maximum absolute atomic E-state index is 14.1. The lowest BCUT2D eigenvalue weighted by Crippen LogP contribution is -2.19. The second-order valence-corrected chi connectivity index (χ2v) is 9.63. The van der Waals surface area contributed by atoms with Gasteiger partial charge in [-0.05, 0) is 56.4 Å². The van der Waals surface area contributed by atoms with Crippen molar-refractivity contribution in [3.8, 4) is 10.6 Å². The Morgan fingerprint density at radius 3 is 2.56 bits per heavy atom. The van der Waals surface area contributed by atoms with Gasteiger partial charge in [-0.3, -0.25) is 0 Å². The van der Waals surface area contributed by atoms with Crippen molar-refractivity contribution >= 4 is 33.3 Å². The molecule has 4 aromatic rings. The lowest BCUT2D eigenvalue weighted by molar-refractivity contribution is 0.229. The highest BCUT2D eigenvalue weighted by Gasteiger charge is 2.26. The van der Waals surface area contributed by atoms with Crippen LogP contribution in [0.1, 0.15) is 30.5 Å². The lowest BCUT2D eigenvalue weighted by Gasteiger charge is -2.18. The molecule has 1 aliphatic carbocycles. The van der Waals surface area contributed by atoms with Crippen molar-refractivity contribution in [2.45, 2.75) is 38.8 Å². The van der Waals surface area contributed by atoms with Crippen molar-refractivity contribution in [2.75, 3.05) is 17.2 Å². The number of para-hydroxylation sites is 1. The second kappa shape index (κ2) is 9.60. The first kappa shape index (κ1) is 22.6. The Labute approximate surface area is 200 Å². The zero-order valence-corrected chi connectivity index (χ0v) is 19.5. The molecule has 0 aliphatic heterocycles. The zero-order valence-electron chi connectivity index (χ0n) is 18.7. The zero-order chi connectivity index (χ0) is 23.7. The van der Waals surface area contributed by atoms with E-state index in [1.54, 1.807) is 11.3 Å². The molecule has 176 valence electrons. The minimum atomic E-state index is -0.616. The summed E-state index contributed by atoms with van der Waals surface area (Å²) in [6, 6.07) is 11.9. The predicted molar refractivity (Wildman–Crippen MR) is 131 cm³/mol. The maximum Gasteiger partial charge on any atom is 0.225 e. The van der Waals surface area contributed by atoms with E-state index in [1.165, 1.54) is 18.2 Å². The first-order chi connectivity index (χ1) is 16.5. The lowest BCUT2D eigenvalue weighted by atomic mass is 10.1. The van der Waals surface area contributed by atoms with Gasteiger partial charge in [0.05, 0.1) is 21.5 Å². The molecule has 0 saturated heterocycles. The van der Waals surface area contributed by atoms with Gasteiger partial charge in [0.1, 0.15) is 22.5 Å². The van der Waals surface area contributed by atoms with E-state index >= 15 is 0 Å². The van der Waals surface area contributed by atoms with E-state index in [4.69, 9.17) is 9.97 Å². The summed E-state index contributed by atoms with van der Waals surface area (Å²) in [4.78, 5) is 14.1. The SMILES string of the molecule is Cc1nc(NCc2c(F)cccc2F)nc(N[C@H]2CCC(CO)C2)c1-c1nc2ccccc2s1. The molecule has 2 aromatic heterocycles. The number of fused-ring (bicyclic) bond motifs is 1. The first-order valence-corrected chi connectivity index (χ1v) is 12.1. The van der Waals surface area contributed by atoms with Gasteiger partial charge in [0.15, 0.2) is 0 Å². The van der Waals surface area contributed by atoms with E-state index in [2.05, 4.69) is 15.6 Å². The second-order valence-electron chi connectivity index (χ2n) is 8.60.